The molecule has 5 heteroatoms. The Morgan fingerprint density at radius 1 is 1.19 bits per heavy atom. The van der Waals surface area contributed by atoms with Crippen molar-refractivity contribution in [1.82, 2.24) is 4.90 Å². The van der Waals surface area contributed by atoms with Gasteiger partial charge >= 0.3 is 0 Å². The van der Waals surface area contributed by atoms with E-state index in [1.165, 1.54) is 0 Å². The molecule has 0 saturated heterocycles. The minimum atomic E-state index is -0.152. The first-order valence-electron chi connectivity index (χ1n) is 9.24. The van der Waals surface area contributed by atoms with E-state index in [1.807, 2.05) is 43.1 Å². The van der Waals surface area contributed by atoms with Gasteiger partial charge in [-0.05, 0) is 62.6 Å². The Hall–Kier alpha value is -1.78. The molecular weight excluding hydrogens is 350 g/mol. The lowest BCUT2D eigenvalue weighted by Gasteiger charge is -2.25. The van der Waals surface area contributed by atoms with Crippen molar-refractivity contribution in [2.75, 3.05) is 7.05 Å². The van der Waals surface area contributed by atoms with E-state index in [2.05, 4.69) is 0 Å². The van der Waals surface area contributed by atoms with E-state index < -0.39 is 0 Å². The molecule has 1 heterocycles. The van der Waals surface area contributed by atoms with Crippen LogP contribution in [0, 0.1) is 18.8 Å². The third-order valence-corrected chi connectivity index (χ3v) is 6.45. The molecule has 4 atom stereocenters. The quantitative estimate of drug-likeness (QED) is 0.859. The van der Waals surface area contributed by atoms with Gasteiger partial charge in [0.05, 0.1) is 16.7 Å². The molecule has 2 aromatic rings. The maximum atomic E-state index is 13.0. The molecule has 138 valence electrons. The Morgan fingerprint density at radius 2 is 1.85 bits per heavy atom. The number of rotatable bonds is 3. The van der Waals surface area contributed by atoms with Crippen LogP contribution in [0.2, 0.25) is 5.02 Å². The number of aryl methyl sites for hydroxylation is 1. The first kappa shape index (κ1) is 17.6. The zero-order valence-electron chi connectivity index (χ0n) is 15.1. The Balaban J connectivity index is 1.53. The first-order chi connectivity index (χ1) is 12.4. The molecule has 0 spiro atoms. The molecule has 1 aromatic carbocycles. The predicted molar refractivity (Wildman–Crippen MR) is 101 cm³/mol. The Labute approximate surface area is 158 Å². The van der Waals surface area contributed by atoms with Crippen LogP contribution >= 0.6 is 11.6 Å². The number of fused-ring (bicyclic) bond motifs is 1. The van der Waals surface area contributed by atoms with E-state index in [4.69, 9.17) is 16.0 Å². The van der Waals surface area contributed by atoms with Gasteiger partial charge in [-0.25, -0.2) is 0 Å². The summed E-state index contributed by atoms with van der Waals surface area (Å²) in [6, 6.07) is 9.52. The molecule has 2 aliphatic carbocycles. The van der Waals surface area contributed by atoms with Crippen molar-refractivity contribution in [3.63, 3.8) is 0 Å². The fraction of sp³-hybridized carbons (Fsp3) is 0.476. The Bertz CT molecular complexity index is 816. The lowest BCUT2D eigenvalue weighted by atomic mass is 10.0. The molecule has 0 bridgehead atoms. The number of aliphatic hydroxyl groups excluding tert-OH is 1. The second kappa shape index (κ2) is 6.75. The van der Waals surface area contributed by atoms with Crippen molar-refractivity contribution in [3.8, 4) is 11.3 Å². The predicted octanol–water partition coefficient (Wildman–Crippen LogP) is 4.53. The molecule has 2 aliphatic rings. The highest BCUT2D eigenvalue weighted by Crippen LogP contribution is 2.45. The van der Waals surface area contributed by atoms with Gasteiger partial charge in [-0.2, -0.15) is 0 Å². The van der Waals surface area contributed by atoms with E-state index in [-0.39, 0.29) is 18.1 Å². The number of carbonyl (C=O) groups is 1. The van der Waals surface area contributed by atoms with E-state index in [1.54, 1.807) is 6.07 Å². The van der Waals surface area contributed by atoms with E-state index in [0.717, 1.165) is 31.2 Å². The lowest BCUT2D eigenvalue weighted by Crippen LogP contribution is -2.36. The van der Waals surface area contributed by atoms with Crippen LogP contribution in [0.25, 0.3) is 11.3 Å². The Morgan fingerprint density at radius 3 is 2.50 bits per heavy atom. The van der Waals surface area contributed by atoms with E-state index in [0.29, 0.717) is 33.9 Å². The largest absolute Gasteiger partial charge is 0.460 e. The van der Waals surface area contributed by atoms with Gasteiger partial charge in [-0.3, -0.25) is 4.79 Å². The minimum Gasteiger partial charge on any atom is -0.460 e. The summed E-state index contributed by atoms with van der Waals surface area (Å²) in [5.74, 6) is 2.33. The van der Waals surface area contributed by atoms with Gasteiger partial charge in [-0.15, -0.1) is 0 Å². The van der Waals surface area contributed by atoms with Crippen molar-refractivity contribution in [1.29, 1.82) is 0 Å². The molecule has 0 aliphatic heterocycles. The summed E-state index contributed by atoms with van der Waals surface area (Å²) in [6.07, 6.45) is 3.58. The summed E-state index contributed by atoms with van der Waals surface area (Å²) in [7, 11) is 1.88. The van der Waals surface area contributed by atoms with Crippen molar-refractivity contribution < 1.29 is 14.3 Å². The van der Waals surface area contributed by atoms with Gasteiger partial charge in [0.25, 0.3) is 5.91 Å². The third kappa shape index (κ3) is 3.06. The first-order valence-corrected chi connectivity index (χ1v) is 9.62. The highest BCUT2D eigenvalue weighted by molar-refractivity contribution is 6.33. The number of hydrogen-bond acceptors (Lipinski definition) is 3. The monoisotopic (exact) mass is 373 g/mol. The van der Waals surface area contributed by atoms with Gasteiger partial charge in [-0.1, -0.05) is 23.7 Å². The molecule has 1 aromatic heterocycles. The number of benzene rings is 1. The summed E-state index contributed by atoms with van der Waals surface area (Å²) in [5.41, 5.74) is 1.39. The Kier molecular flexibility index (Phi) is 4.57. The molecule has 2 saturated carbocycles. The molecule has 2 fully saturated rings. The maximum absolute atomic E-state index is 13.0. The number of hydrogen-bond donors (Lipinski definition) is 1. The number of amides is 1. The normalized spacial score (nSPS) is 27.5. The van der Waals surface area contributed by atoms with Gasteiger partial charge in [0.2, 0.25) is 0 Å². The van der Waals surface area contributed by atoms with E-state index >= 15 is 0 Å². The SMILES string of the molecule is Cc1oc(-c2ccccc2Cl)cc1C(=O)N(C)C1C[C@H]2CC(O)C[C@H]2C1. The molecular formula is C21H24ClNO3. The van der Waals surface area contributed by atoms with Crippen molar-refractivity contribution in [2.45, 2.75) is 44.8 Å². The highest BCUT2D eigenvalue weighted by atomic mass is 35.5. The fourth-order valence-electron chi connectivity index (χ4n) is 4.71. The second-order valence-corrected chi connectivity index (χ2v) is 8.15. The van der Waals surface area contributed by atoms with Crippen molar-refractivity contribution in [2.24, 2.45) is 11.8 Å². The van der Waals surface area contributed by atoms with Crippen LogP contribution in [-0.2, 0) is 0 Å². The summed E-state index contributed by atoms with van der Waals surface area (Å²) >= 11 is 6.26. The van der Waals surface area contributed by atoms with Gasteiger partial charge in [0.1, 0.15) is 11.5 Å². The topological polar surface area (TPSA) is 53.7 Å². The molecule has 1 amide bonds. The van der Waals surface area contributed by atoms with Crippen LogP contribution in [0.5, 0.6) is 0 Å². The average Bonchev–Trinajstić information content (AvgIpc) is 3.26. The number of aliphatic hydroxyl groups is 1. The van der Waals surface area contributed by atoms with Gasteiger partial charge < -0.3 is 14.4 Å². The minimum absolute atomic E-state index is 0.00456. The zero-order chi connectivity index (χ0) is 18.4. The van der Waals surface area contributed by atoms with Crippen LogP contribution in [0.3, 0.4) is 0 Å². The number of furan rings is 1. The summed E-state index contributed by atoms with van der Waals surface area (Å²) in [6.45, 7) is 1.82. The molecule has 2 unspecified atom stereocenters. The third-order valence-electron chi connectivity index (χ3n) is 6.12. The number of carbonyl (C=O) groups excluding carboxylic acids is 1. The summed E-state index contributed by atoms with van der Waals surface area (Å²) in [4.78, 5) is 14.9. The van der Waals surface area contributed by atoms with Crippen molar-refractivity contribution >= 4 is 17.5 Å². The number of nitrogens with zero attached hydrogens (tertiary/aromatic N) is 1. The fourth-order valence-corrected chi connectivity index (χ4v) is 4.94. The van der Waals surface area contributed by atoms with E-state index in [9.17, 15) is 9.90 Å². The van der Waals surface area contributed by atoms with Crippen LogP contribution < -0.4 is 0 Å². The molecule has 26 heavy (non-hydrogen) atoms. The second-order valence-electron chi connectivity index (χ2n) is 7.75. The average molecular weight is 374 g/mol. The summed E-state index contributed by atoms with van der Waals surface area (Å²) < 4.78 is 5.84. The number of halogens is 1. The standard InChI is InChI=1S/C21H24ClNO3/c1-12-18(11-20(26-12)17-5-3-4-6-19(17)22)21(25)23(2)15-7-13-9-16(24)10-14(13)8-15/h3-6,11,13-16,24H,7-10H2,1-2H3/t13-,14+,15?,16?. The van der Waals surface area contributed by atoms with Crippen LogP contribution in [0.1, 0.15) is 41.8 Å². The van der Waals surface area contributed by atoms with Crippen LogP contribution in [0.15, 0.2) is 34.7 Å². The maximum Gasteiger partial charge on any atom is 0.257 e. The van der Waals surface area contributed by atoms with Gasteiger partial charge in [0.15, 0.2) is 0 Å². The summed E-state index contributed by atoms with van der Waals surface area (Å²) in [5, 5.41) is 10.4. The molecule has 1 N–H and O–H groups in total. The van der Waals surface area contributed by atoms with Crippen LogP contribution in [-0.4, -0.2) is 35.1 Å². The van der Waals surface area contributed by atoms with Gasteiger partial charge in [0, 0.05) is 18.7 Å². The molecule has 4 nitrogen and oxygen atoms in total. The molecule has 4 rings (SSSR count). The highest BCUT2D eigenvalue weighted by Gasteiger charge is 2.43. The van der Waals surface area contributed by atoms with Crippen LogP contribution in [0.4, 0.5) is 0 Å². The lowest BCUT2D eigenvalue weighted by molar-refractivity contribution is 0.0720. The van der Waals surface area contributed by atoms with Crippen molar-refractivity contribution in [3.05, 3.63) is 46.7 Å². The smallest absolute Gasteiger partial charge is 0.257 e. The molecule has 0 radical (unpaired) electrons. The zero-order valence-corrected chi connectivity index (χ0v) is 15.9.